The number of benzene rings is 2. The second kappa shape index (κ2) is 11.6. The first-order valence-electron chi connectivity index (χ1n) is 10.4. The van der Waals surface area contributed by atoms with Gasteiger partial charge in [0.2, 0.25) is 11.0 Å². The molecule has 0 fully saturated rings. The van der Waals surface area contributed by atoms with E-state index in [1.165, 1.54) is 24.3 Å². The second-order valence-corrected chi connectivity index (χ2v) is 8.05. The fourth-order valence-corrected chi connectivity index (χ4v) is 3.73. The Balaban J connectivity index is 1.49. The highest BCUT2D eigenvalue weighted by Gasteiger charge is 2.14. The Labute approximate surface area is 199 Å². The van der Waals surface area contributed by atoms with E-state index in [1.54, 1.807) is 6.21 Å². The molecule has 0 unspecified atom stereocenters. The van der Waals surface area contributed by atoms with Crippen LogP contribution in [0.2, 0.25) is 0 Å². The molecule has 1 aromatic heterocycles. The number of carbonyl (C=O) groups is 2. The summed E-state index contributed by atoms with van der Waals surface area (Å²) in [5.41, 5.74) is 4.55. The van der Waals surface area contributed by atoms with Crippen LogP contribution in [0.1, 0.15) is 34.8 Å². The van der Waals surface area contributed by atoms with Crippen LogP contribution in [-0.4, -0.2) is 46.2 Å². The molecule has 3 rings (SSSR count). The molecule has 2 N–H and O–H groups in total. The molecule has 0 saturated heterocycles. The van der Waals surface area contributed by atoms with Crippen molar-refractivity contribution in [1.29, 1.82) is 0 Å². The first kappa shape index (κ1) is 24.5. The Morgan fingerprint density at radius 2 is 1.76 bits per heavy atom. The molecule has 11 nitrogen and oxygen atoms in total. The van der Waals surface area contributed by atoms with Crippen molar-refractivity contribution >= 4 is 45.9 Å². The standard InChI is InChI=1S/C22H23N7O4S/c1-3-28(4-2)17-9-5-15(6-10-17)14-23-25-19(30)13-20-26-27-22(34-20)24-21(31)16-7-11-18(12-8-16)29(32)33/h5-12,14H,3-4,13H2,1-2H3,(H,25,30)(H,24,27,31). The minimum absolute atomic E-state index is 0.0523. The van der Waals surface area contributed by atoms with E-state index >= 15 is 0 Å². The van der Waals surface area contributed by atoms with Crippen LogP contribution in [0.15, 0.2) is 53.6 Å². The maximum Gasteiger partial charge on any atom is 0.269 e. The van der Waals surface area contributed by atoms with Crippen molar-refractivity contribution in [2.45, 2.75) is 20.3 Å². The molecule has 0 saturated carbocycles. The van der Waals surface area contributed by atoms with E-state index in [4.69, 9.17) is 0 Å². The van der Waals surface area contributed by atoms with E-state index in [-0.39, 0.29) is 28.7 Å². The predicted octanol–water partition coefficient (Wildman–Crippen LogP) is 3.24. The predicted molar refractivity (Wildman–Crippen MR) is 130 cm³/mol. The van der Waals surface area contributed by atoms with Crippen LogP contribution in [0.4, 0.5) is 16.5 Å². The molecule has 3 aromatic rings. The Hall–Kier alpha value is -4.19. The van der Waals surface area contributed by atoms with Gasteiger partial charge in [-0.1, -0.05) is 23.5 Å². The van der Waals surface area contributed by atoms with Gasteiger partial charge in [0.05, 0.1) is 17.6 Å². The summed E-state index contributed by atoms with van der Waals surface area (Å²) in [5, 5.41) is 25.6. The normalized spacial score (nSPS) is 10.8. The number of anilines is 2. The molecule has 0 bridgehead atoms. The van der Waals surface area contributed by atoms with Gasteiger partial charge < -0.3 is 4.90 Å². The highest BCUT2D eigenvalue weighted by atomic mass is 32.1. The monoisotopic (exact) mass is 481 g/mol. The third kappa shape index (κ3) is 6.65. The van der Waals surface area contributed by atoms with Crippen LogP contribution >= 0.6 is 11.3 Å². The average Bonchev–Trinajstić information content (AvgIpc) is 3.27. The third-order valence-corrected chi connectivity index (χ3v) is 5.60. The molecule has 0 aliphatic rings. The fraction of sp³-hybridized carbons (Fsp3) is 0.227. The Bertz CT molecular complexity index is 1170. The van der Waals surface area contributed by atoms with Gasteiger partial charge >= 0.3 is 0 Å². The summed E-state index contributed by atoms with van der Waals surface area (Å²) >= 11 is 1.05. The number of carbonyl (C=O) groups excluding carboxylic acids is 2. The molecule has 12 heteroatoms. The molecule has 2 amide bonds. The maximum atomic E-state index is 12.3. The first-order valence-corrected chi connectivity index (χ1v) is 11.3. The van der Waals surface area contributed by atoms with Crippen LogP contribution in [-0.2, 0) is 11.2 Å². The van der Waals surface area contributed by atoms with Crippen LogP contribution in [0.5, 0.6) is 0 Å². The van der Waals surface area contributed by atoms with Gasteiger partial charge in [0.25, 0.3) is 11.6 Å². The van der Waals surface area contributed by atoms with E-state index in [1.807, 2.05) is 24.3 Å². The summed E-state index contributed by atoms with van der Waals surface area (Å²) < 4.78 is 0. The summed E-state index contributed by atoms with van der Waals surface area (Å²) in [7, 11) is 0. The molecule has 0 radical (unpaired) electrons. The van der Waals surface area contributed by atoms with E-state index in [0.717, 1.165) is 35.7 Å². The number of aromatic nitrogens is 2. The van der Waals surface area contributed by atoms with Gasteiger partial charge in [-0.2, -0.15) is 5.10 Å². The molecule has 2 aromatic carbocycles. The second-order valence-electron chi connectivity index (χ2n) is 6.99. The Morgan fingerprint density at radius 1 is 1.09 bits per heavy atom. The molecule has 176 valence electrons. The van der Waals surface area contributed by atoms with E-state index < -0.39 is 10.8 Å². The zero-order valence-corrected chi connectivity index (χ0v) is 19.4. The SMILES string of the molecule is CCN(CC)c1ccc(C=NNC(=O)Cc2nnc(NC(=O)c3ccc([N+](=O)[O-])cc3)s2)cc1. The number of hydrogen-bond acceptors (Lipinski definition) is 9. The summed E-state index contributed by atoms with van der Waals surface area (Å²) in [6.07, 6.45) is 1.50. The minimum Gasteiger partial charge on any atom is -0.372 e. The van der Waals surface area contributed by atoms with Crippen LogP contribution < -0.4 is 15.6 Å². The zero-order chi connectivity index (χ0) is 24.5. The number of hydrogen-bond donors (Lipinski definition) is 2. The molecule has 1 heterocycles. The van der Waals surface area contributed by atoms with Crippen molar-refractivity contribution in [1.82, 2.24) is 15.6 Å². The number of nitro benzene ring substituents is 1. The van der Waals surface area contributed by atoms with Crippen LogP contribution in [0.3, 0.4) is 0 Å². The molecular weight excluding hydrogens is 458 g/mol. The number of hydrazone groups is 1. The van der Waals surface area contributed by atoms with E-state index in [0.29, 0.717) is 5.01 Å². The lowest BCUT2D eigenvalue weighted by atomic mass is 10.2. The number of rotatable bonds is 10. The van der Waals surface area contributed by atoms with E-state index in [9.17, 15) is 19.7 Å². The van der Waals surface area contributed by atoms with Crippen LogP contribution in [0, 0.1) is 10.1 Å². The summed E-state index contributed by atoms with van der Waals surface area (Å²) in [4.78, 5) is 36.8. The number of amides is 2. The topological polar surface area (TPSA) is 143 Å². The highest BCUT2D eigenvalue weighted by Crippen LogP contribution is 2.18. The fourth-order valence-electron chi connectivity index (χ4n) is 3.00. The molecule has 0 spiro atoms. The van der Waals surface area contributed by atoms with Crippen molar-refractivity contribution in [2.75, 3.05) is 23.3 Å². The number of nitrogens with one attached hydrogen (secondary N) is 2. The van der Waals surface area contributed by atoms with Crippen molar-refractivity contribution < 1.29 is 14.5 Å². The summed E-state index contributed by atoms with van der Waals surface area (Å²) in [6, 6.07) is 13.0. The van der Waals surface area contributed by atoms with Crippen LogP contribution in [0.25, 0.3) is 0 Å². The number of non-ortho nitro benzene ring substituents is 1. The van der Waals surface area contributed by atoms with Crippen molar-refractivity contribution in [3.05, 3.63) is 74.8 Å². The van der Waals surface area contributed by atoms with Gasteiger partial charge in [0.15, 0.2) is 0 Å². The van der Waals surface area contributed by atoms with Gasteiger partial charge in [-0.3, -0.25) is 25.0 Å². The van der Waals surface area contributed by atoms with Gasteiger partial charge in [-0.25, -0.2) is 5.43 Å². The smallest absolute Gasteiger partial charge is 0.269 e. The van der Waals surface area contributed by atoms with Crippen molar-refractivity contribution in [3.8, 4) is 0 Å². The summed E-state index contributed by atoms with van der Waals surface area (Å²) in [6.45, 7) is 6.05. The van der Waals surface area contributed by atoms with Gasteiger partial charge in [0.1, 0.15) is 5.01 Å². The first-order chi connectivity index (χ1) is 16.4. The van der Waals surface area contributed by atoms with Crippen molar-refractivity contribution in [3.63, 3.8) is 0 Å². The largest absolute Gasteiger partial charge is 0.372 e. The molecule has 34 heavy (non-hydrogen) atoms. The number of nitro groups is 1. The molecular formula is C22H23N7O4S. The average molecular weight is 482 g/mol. The quantitative estimate of drug-likeness (QED) is 0.257. The van der Waals surface area contributed by atoms with Gasteiger partial charge in [-0.15, -0.1) is 10.2 Å². The lowest BCUT2D eigenvalue weighted by molar-refractivity contribution is -0.384. The van der Waals surface area contributed by atoms with Gasteiger partial charge in [-0.05, 0) is 43.7 Å². The molecule has 0 atom stereocenters. The van der Waals surface area contributed by atoms with Gasteiger partial charge in [0, 0.05) is 36.5 Å². The molecule has 0 aliphatic carbocycles. The van der Waals surface area contributed by atoms with E-state index in [2.05, 4.69) is 44.8 Å². The lowest BCUT2D eigenvalue weighted by Crippen LogP contribution is -2.21. The highest BCUT2D eigenvalue weighted by molar-refractivity contribution is 7.15. The molecule has 0 aliphatic heterocycles. The lowest BCUT2D eigenvalue weighted by Gasteiger charge is -2.20. The third-order valence-electron chi connectivity index (χ3n) is 4.76. The minimum atomic E-state index is -0.545. The summed E-state index contributed by atoms with van der Waals surface area (Å²) in [5.74, 6) is -0.862. The Morgan fingerprint density at radius 3 is 2.38 bits per heavy atom. The number of nitrogens with zero attached hydrogens (tertiary/aromatic N) is 5. The maximum absolute atomic E-state index is 12.3. The van der Waals surface area contributed by atoms with Crippen molar-refractivity contribution in [2.24, 2.45) is 5.10 Å². The zero-order valence-electron chi connectivity index (χ0n) is 18.6. The Kier molecular flexibility index (Phi) is 8.35.